The molecule has 0 saturated heterocycles. The molecule has 2 rings (SSSR count). The topological polar surface area (TPSA) is 60.2 Å². The first-order valence-corrected chi connectivity index (χ1v) is 5.88. The number of ether oxygens (including phenoxy) is 1. The van der Waals surface area contributed by atoms with Crippen LogP contribution in [0, 0.1) is 0 Å². The maximum Gasteiger partial charge on any atom is 0.151 e. The molecule has 1 atom stereocenters. The Morgan fingerprint density at radius 3 is 3.19 bits per heavy atom. The van der Waals surface area contributed by atoms with Crippen molar-refractivity contribution in [3.05, 3.63) is 11.6 Å². The van der Waals surface area contributed by atoms with E-state index in [2.05, 4.69) is 10.1 Å². The highest BCUT2D eigenvalue weighted by Crippen LogP contribution is 2.24. The molecule has 0 saturated carbocycles. The lowest BCUT2D eigenvalue weighted by Crippen LogP contribution is -2.19. The predicted octanol–water partition coefficient (Wildman–Crippen LogP) is 0.727. The van der Waals surface area contributed by atoms with Gasteiger partial charge in [0.25, 0.3) is 0 Å². The molecule has 0 aromatic carbocycles. The van der Waals surface area contributed by atoms with Crippen molar-refractivity contribution in [2.24, 2.45) is 0 Å². The van der Waals surface area contributed by atoms with Gasteiger partial charge in [-0.3, -0.25) is 0 Å². The predicted molar refractivity (Wildman–Crippen MR) is 59.3 cm³/mol. The second kappa shape index (κ2) is 5.41. The molecule has 1 aromatic rings. The number of hydrogen-bond donors (Lipinski definition) is 1. The van der Waals surface area contributed by atoms with Crippen molar-refractivity contribution < 1.29 is 9.84 Å². The van der Waals surface area contributed by atoms with Gasteiger partial charge in [0.05, 0.1) is 6.61 Å². The van der Waals surface area contributed by atoms with E-state index in [4.69, 9.17) is 4.74 Å². The number of nitrogens with zero attached hydrogens (tertiary/aromatic N) is 3. The van der Waals surface area contributed by atoms with Gasteiger partial charge in [0.1, 0.15) is 5.82 Å². The van der Waals surface area contributed by atoms with Crippen LogP contribution in [0.15, 0.2) is 0 Å². The van der Waals surface area contributed by atoms with Crippen LogP contribution in [0.2, 0.25) is 0 Å². The molecule has 0 spiro atoms. The van der Waals surface area contributed by atoms with Gasteiger partial charge < -0.3 is 9.84 Å². The molecule has 1 unspecified atom stereocenters. The highest BCUT2D eigenvalue weighted by molar-refractivity contribution is 5.03. The van der Waals surface area contributed by atoms with Crippen LogP contribution in [0.1, 0.15) is 36.8 Å². The molecule has 0 fully saturated rings. The first kappa shape index (κ1) is 11.5. The van der Waals surface area contributed by atoms with Crippen LogP contribution in [0.3, 0.4) is 0 Å². The molecular formula is C11H19N3O2. The third kappa shape index (κ3) is 2.41. The highest BCUT2D eigenvalue weighted by atomic mass is 16.5. The normalized spacial score (nSPS) is 19.8. The Morgan fingerprint density at radius 1 is 1.56 bits per heavy atom. The lowest BCUT2D eigenvalue weighted by molar-refractivity contribution is 0.194. The zero-order valence-electron chi connectivity index (χ0n) is 9.72. The minimum atomic E-state index is 0.177. The molecule has 0 aliphatic carbocycles. The van der Waals surface area contributed by atoms with Crippen molar-refractivity contribution >= 4 is 0 Å². The Morgan fingerprint density at radius 2 is 2.44 bits per heavy atom. The number of hydrogen-bond acceptors (Lipinski definition) is 4. The van der Waals surface area contributed by atoms with Crippen LogP contribution in [-0.2, 0) is 17.7 Å². The molecule has 0 amide bonds. The third-order valence-electron chi connectivity index (χ3n) is 3.00. The lowest BCUT2D eigenvalue weighted by atomic mass is 10.0. The number of rotatable bonds is 5. The summed E-state index contributed by atoms with van der Waals surface area (Å²) in [6, 6.07) is 0. The lowest BCUT2D eigenvalue weighted by Gasteiger charge is -2.19. The average molecular weight is 225 g/mol. The largest absolute Gasteiger partial charge is 0.396 e. The summed E-state index contributed by atoms with van der Waals surface area (Å²) in [5.41, 5.74) is 0. The SMILES string of the molecule is COCCCc1nc2n(n1)CCCC2CO. The molecule has 2 heterocycles. The Hall–Kier alpha value is -0.940. The van der Waals surface area contributed by atoms with Crippen molar-refractivity contribution in [1.29, 1.82) is 0 Å². The Labute approximate surface area is 95.4 Å². The standard InChI is InChI=1S/C11H19N3O2/c1-16-7-3-5-10-12-11-9(8-15)4-2-6-14(11)13-10/h9,15H,2-8H2,1H3. The minimum Gasteiger partial charge on any atom is -0.396 e. The quantitative estimate of drug-likeness (QED) is 0.750. The molecule has 1 aliphatic heterocycles. The van der Waals surface area contributed by atoms with E-state index in [1.807, 2.05) is 4.68 Å². The summed E-state index contributed by atoms with van der Waals surface area (Å²) in [6.45, 7) is 1.85. The minimum absolute atomic E-state index is 0.177. The second-order valence-corrected chi connectivity index (χ2v) is 4.23. The van der Waals surface area contributed by atoms with Gasteiger partial charge in [-0.2, -0.15) is 5.10 Å². The number of fused-ring (bicyclic) bond motifs is 1. The zero-order chi connectivity index (χ0) is 11.4. The highest BCUT2D eigenvalue weighted by Gasteiger charge is 2.23. The van der Waals surface area contributed by atoms with E-state index >= 15 is 0 Å². The molecular weight excluding hydrogens is 206 g/mol. The summed E-state index contributed by atoms with van der Waals surface area (Å²) in [5.74, 6) is 2.02. The number of aliphatic hydroxyl groups is 1. The summed E-state index contributed by atoms with van der Waals surface area (Å²) in [7, 11) is 1.70. The van der Waals surface area contributed by atoms with Gasteiger partial charge in [-0.15, -0.1) is 0 Å². The fourth-order valence-electron chi connectivity index (χ4n) is 2.14. The molecule has 1 N–H and O–H groups in total. The number of methoxy groups -OCH3 is 1. The maximum absolute atomic E-state index is 9.26. The van der Waals surface area contributed by atoms with Crippen LogP contribution in [0.25, 0.3) is 0 Å². The fourth-order valence-corrected chi connectivity index (χ4v) is 2.14. The monoisotopic (exact) mass is 225 g/mol. The van der Waals surface area contributed by atoms with E-state index in [1.165, 1.54) is 0 Å². The van der Waals surface area contributed by atoms with Gasteiger partial charge in [-0.05, 0) is 19.3 Å². The van der Waals surface area contributed by atoms with Crippen molar-refractivity contribution in [2.75, 3.05) is 20.3 Å². The summed E-state index contributed by atoms with van der Waals surface area (Å²) in [6.07, 6.45) is 3.90. The first-order valence-electron chi connectivity index (χ1n) is 5.88. The van der Waals surface area contributed by atoms with Crippen molar-refractivity contribution in [1.82, 2.24) is 14.8 Å². The number of aryl methyl sites for hydroxylation is 2. The van der Waals surface area contributed by atoms with Crippen LogP contribution >= 0.6 is 0 Å². The van der Waals surface area contributed by atoms with E-state index < -0.39 is 0 Å². The van der Waals surface area contributed by atoms with E-state index in [-0.39, 0.29) is 12.5 Å². The van der Waals surface area contributed by atoms with E-state index in [9.17, 15) is 5.11 Å². The van der Waals surface area contributed by atoms with E-state index in [0.29, 0.717) is 0 Å². The Kier molecular flexibility index (Phi) is 3.90. The summed E-state index contributed by atoms with van der Waals surface area (Å²) < 4.78 is 6.96. The van der Waals surface area contributed by atoms with Crippen LogP contribution in [-0.4, -0.2) is 40.2 Å². The van der Waals surface area contributed by atoms with Crippen molar-refractivity contribution in [3.8, 4) is 0 Å². The smallest absolute Gasteiger partial charge is 0.151 e. The fraction of sp³-hybridized carbons (Fsp3) is 0.818. The molecule has 90 valence electrons. The number of aromatic nitrogens is 3. The summed E-state index contributed by atoms with van der Waals surface area (Å²) >= 11 is 0. The van der Waals surface area contributed by atoms with Gasteiger partial charge >= 0.3 is 0 Å². The summed E-state index contributed by atoms with van der Waals surface area (Å²) in [5, 5.41) is 13.7. The van der Waals surface area contributed by atoms with E-state index in [0.717, 1.165) is 50.5 Å². The third-order valence-corrected chi connectivity index (χ3v) is 3.00. The molecule has 1 aromatic heterocycles. The molecule has 5 nitrogen and oxygen atoms in total. The summed E-state index contributed by atoms with van der Waals surface area (Å²) in [4.78, 5) is 4.51. The maximum atomic E-state index is 9.26. The molecule has 16 heavy (non-hydrogen) atoms. The van der Waals surface area contributed by atoms with Crippen LogP contribution in [0.4, 0.5) is 0 Å². The van der Waals surface area contributed by atoms with Crippen molar-refractivity contribution in [2.45, 2.75) is 38.1 Å². The van der Waals surface area contributed by atoms with Crippen LogP contribution in [0.5, 0.6) is 0 Å². The van der Waals surface area contributed by atoms with Gasteiger partial charge in [0.15, 0.2) is 5.82 Å². The second-order valence-electron chi connectivity index (χ2n) is 4.23. The van der Waals surface area contributed by atoms with Gasteiger partial charge in [-0.25, -0.2) is 9.67 Å². The Bertz CT molecular complexity index is 338. The average Bonchev–Trinajstić information content (AvgIpc) is 2.71. The number of aliphatic hydroxyl groups excluding tert-OH is 1. The zero-order valence-corrected chi connectivity index (χ0v) is 9.72. The van der Waals surface area contributed by atoms with Crippen molar-refractivity contribution in [3.63, 3.8) is 0 Å². The van der Waals surface area contributed by atoms with Gasteiger partial charge in [0.2, 0.25) is 0 Å². The van der Waals surface area contributed by atoms with Gasteiger partial charge in [-0.1, -0.05) is 0 Å². The molecule has 5 heteroatoms. The van der Waals surface area contributed by atoms with E-state index in [1.54, 1.807) is 7.11 Å². The van der Waals surface area contributed by atoms with Gasteiger partial charge in [0, 0.05) is 32.6 Å². The first-order chi connectivity index (χ1) is 7.85. The Balaban J connectivity index is 2.03. The molecule has 0 bridgehead atoms. The van der Waals surface area contributed by atoms with Crippen LogP contribution < -0.4 is 0 Å². The molecule has 1 aliphatic rings. The molecule has 0 radical (unpaired) electrons.